The Kier molecular flexibility index (Phi) is 2.36. The van der Waals surface area contributed by atoms with Crippen molar-refractivity contribution in [3.05, 3.63) is 35.4 Å². The predicted octanol–water partition coefficient (Wildman–Crippen LogP) is 2.76. The first-order valence-electron chi connectivity index (χ1n) is 5.05. The van der Waals surface area contributed by atoms with Crippen molar-refractivity contribution in [2.24, 2.45) is 0 Å². The van der Waals surface area contributed by atoms with Crippen LogP contribution in [-0.2, 0) is 0 Å². The van der Waals surface area contributed by atoms with Crippen molar-refractivity contribution in [2.45, 2.75) is 25.8 Å². The zero-order chi connectivity index (χ0) is 9.26. The maximum atomic E-state index is 2.46. The Morgan fingerprint density at radius 3 is 2.69 bits per heavy atom. The second-order valence-electron chi connectivity index (χ2n) is 4.00. The van der Waals surface area contributed by atoms with E-state index in [2.05, 4.69) is 43.1 Å². The van der Waals surface area contributed by atoms with Crippen LogP contribution in [0.15, 0.2) is 24.3 Å². The van der Waals surface area contributed by atoms with Gasteiger partial charge in [0.25, 0.3) is 0 Å². The lowest BCUT2D eigenvalue weighted by Gasteiger charge is -2.21. The van der Waals surface area contributed by atoms with Gasteiger partial charge in [-0.2, -0.15) is 0 Å². The number of hydrogen-bond acceptors (Lipinski definition) is 1. The Hall–Kier alpha value is -0.820. The first kappa shape index (κ1) is 8.76. The highest BCUT2D eigenvalue weighted by molar-refractivity contribution is 5.29. The molecule has 1 aromatic carbocycles. The predicted molar refractivity (Wildman–Crippen MR) is 55.8 cm³/mol. The second-order valence-corrected chi connectivity index (χ2v) is 4.00. The smallest absolute Gasteiger partial charge is 0.0348 e. The van der Waals surface area contributed by atoms with Gasteiger partial charge in [0.2, 0.25) is 0 Å². The zero-order valence-electron chi connectivity index (χ0n) is 8.46. The van der Waals surface area contributed by atoms with Crippen LogP contribution < -0.4 is 0 Å². The van der Waals surface area contributed by atoms with Crippen molar-refractivity contribution in [1.82, 2.24) is 4.90 Å². The van der Waals surface area contributed by atoms with Crippen molar-refractivity contribution >= 4 is 0 Å². The molecule has 0 N–H and O–H groups in total. The minimum absolute atomic E-state index is 0.668. The van der Waals surface area contributed by atoms with E-state index in [-0.39, 0.29) is 0 Å². The lowest BCUT2D eigenvalue weighted by Crippen LogP contribution is -2.18. The summed E-state index contributed by atoms with van der Waals surface area (Å²) >= 11 is 0. The molecule has 1 heteroatoms. The topological polar surface area (TPSA) is 3.24 Å². The number of likely N-dealkylation sites (tertiary alicyclic amines) is 1. The van der Waals surface area contributed by atoms with E-state index in [1.54, 1.807) is 0 Å². The molecule has 1 aromatic rings. The number of hydrogen-bond donors (Lipinski definition) is 0. The Labute approximate surface area is 80.4 Å². The van der Waals surface area contributed by atoms with Gasteiger partial charge in [0, 0.05) is 6.04 Å². The molecule has 1 aliphatic rings. The van der Waals surface area contributed by atoms with E-state index < -0.39 is 0 Å². The zero-order valence-corrected chi connectivity index (χ0v) is 8.46. The van der Waals surface area contributed by atoms with Gasteiger partial charge in [-0.3, -0.25) is 4.90 Å². The first-order chi connectivity index (χ1) is 6.29. The van der Waals surface area contributed by atoms with E-state index in [4.69, 9.17) is 0 Å². The molecule has 1 fully saturated rings. The first-order valence-corrected chi connectivity index (χ1v) is 5.05. The van der Waals surface area contributed by atoms with E-state index in [0.717, 1.165) is 0 Å². The summed E-state index contributed by atoms with van der Waals surface area (Å²) in [5, 5.41) is 0. The van der Waals surface area contributed by atoms with Crippen molar-refractivity contribution < 1.29 is 0 Å². The second kappa shape index (κ2) is 3.51. The van der Waals surface area contributed by atoms with Crippen LogP contribution in [0.2, 0.25) is 0 Å². The van der Waals surface area contributed by atoms with Gasteiger partial charge in [-0.05, 0) is 44.5 Å². The van der Waals surface area contributed by atoms with Crippen LogP contribution in [0.1, 0.15) is 30.0 Å². The van der Waals surface area contributed by atoms with Crippen LogP contribution in [-0.4, -0.2) is 18.5 Å². The van der Waals surface area contributed by atoms with Crippen LogP contribution in [0.5, 0.6) is 0 Å². The van der Waals surface area contributed by atoms with Gasteiger partial charge in [0.15, 0.2) is 0 Å². The van der Waals surface area contributed by atoms with Gasteiger partial charge in [-0.25, -0.2) is 0 Å². The molecule has 0 spiro atoms. The van der Waals surface area contributed by atoms with Crippen LogP contribution in [0.25, 0.3) is 0 Å². The van der Waals surface area contributed by atoms with Crippen LogP contribution in [0.4, 0.5) is 0 Å². The Balaban J connectivity index is 2.29. The van der Waals surface area contributed by atoms with Gasteiger partial charge in [-0.1, -0.05) is 24.3 Å². The van der Waals surface area contributed by atoms with Crippen molar-refractivity contribution in [3.63, 3.8) is 0 Å². The van der Waals surface area contributed by atoms with E-state index >= 15 is 0 Å². The number of nitrogens with zero attached hydrogens (tertiary/aromatic N) is 1. The molecule has 0 aromatic heterocycles. The highest BCUT2D eigenvalue weighted by atomic mass is 15.1. The average Bonchev–Trinajstić information content (AvgIpc) is 2.52. The molecule has 0 saturated carbocycles. The quantitative estimate of drug-likeness (QED) is 0.634. The summed E-state index contributed by atoms with van der Waals surface area (Å²) in [6.07, 6.45) is 2.66. The standard InChI is InChI=1S/C12H17N/c1-10-6-3-4-7-11(10)12-8-5-9-13(12)2/h3-4,6-7,12H,5,8-9H2,1-2H3/t12-/m0/s1. The molecule has 1 saturated heterocycles. The summed E-state index contributed by atoms with van der Waals surface area (Å²) in [4.78, 5) is 2.46. The fourth-order valence-electron chi connectivity index (χ4n) is 2.26. The van der Waals surface area contributed by atoms with Crippen LogP contribution in [0.3, 0.4) is 0 Å². The summed E-state index contributed by atoms with van der Waals surface area (Å²) in [5.74, 6) is 0. The molecule has 1 aliphatic heterocycles. The highest BCUT2D eigenvalue weighted by Crippen LogP contribution is 2.31. The molecule has 2 rings (SSSR count). The molecule has 70 valence electrons. The number of aryl methyl sites for hydroxylation is 1. The molecule has 13 heavy (non-hydrogen) atoms. The summed E-state index contributed by atoms with van der Waals surface area (Å²) in [7, 11) is 2.23. The molecule has 0 unspecified atom stereocenters. The normalized spacial score (nSPS) is 23.7. The lowest BCUT2D eigenvalue weighted by molar-refractivity contribution is 0.316. The maximum Gasteiger partial charge on any atom is 0.0348 e. The molecule has 0 radical (unpaired) electrons. The molecule has 1 nitrogen and oxygen atoms in total. The summed E-state index contributed by atoms with van der Waals surface area (Å²) in [5.41, 5.74) is 2.95. The minimum Gasteiger partial charge on any atom is -0.299 e. The van der Waals surface area contributed by atoms with Crippen LogP contribution in [0, 0.1) is 6.92 Å². The van der Waals surface area contributed by atoms with E-state index in [9.17, 15) is 0 Å². The van der Waals surface area contributed by atoms with Gasteiger partial charge < -0.3 is 0 Å². The Morgan fingerprint density at radius 2 is 2.08 bits per heavy atom. The minimum atomic E-state index is 0.668. The molecular weight excluding hydrogens is 158 g/mol. The molecule has 1 atom stereocenters. The molecule has 0 bridgehead atoms. The fourth-order valence-corrected chi connectivity index (χ4v) is 2.26. The largest absolute Gasteiger partial charge is 0.299 e. The average molecular weight is 175 g/mol. The van der Waals surface area contributed by atoms with Crippen LogP contribution >= 0.6 is 0 Å². The highest BCUT2D eigenvalue weighted by Gasteiger charge is 2.23. The number of rotatable bonds is 1. The Bertz CT molecular complexity index is 293. The Morgan fingerprint density at radius 1 is 1.31 bits per heavy atom. The van der Waals surface area contributed by atoms with Gasteiger partial charge in [0.05, 0.1) is 0 Å². The summed E-state index contributed by atoms with van der Waals surface area (Å²) in [6, 6.07) is 9.41. The lowest BCUT2D eigenvalue weighted by atomic mass is 10.00. The van der Waals surface area contributed by atoms with Crippen molar-refractivity contribution in [1.29, 1.82) is 0 Å². The third-order valence-electron chi connectivity index (χ3n) is 3.07. The fraction of sp³-hybridized carbons (Fsp3) is 0.500. The molecular formula is C12H17N. The maximum absolute atomic E-state index is 2.46. The van der Waals surface area contributed by atoms with E-state index in [0.29, 0.717) is 6.04 Å². The summed E-state index contributed by atoms with van der Waals surface area (Å²) < 4.78 is 0. The number of benzene rings is 1. The third kappa shape index (κ3) is 1.61. The SMILES string of the molecule is Cc1ccccc1[C@@H]1CCCN1C. The molecule has 1 heterocycles. The monoisotopic (exact) mass is 175 g/mol. The summed E-state index contributed by atoms with van der Waals surface area (Å²) in [6.45, 7) is 3.46. The van der Waals surface area contributed by atoms with Crippen molar-refractivity contribution in [3.8, 4) is 0 Å². The molecule has 0 amide bonds. The third-order valence-corrected chi connectivity index (χ3v) is 3.07. The van der Waals surface area contributed by atoms with E-state index in [1.165, 1.54) is 30.5 Å². The van der Waals surface area contributed by atoms with Gasteiger partial charge in [0.1, 0.15) is 0 Å². The van der Waals surface area contributed by atoms with Gasteiger partial charge >= 0.3 is 0 Å². The van der Waals surface area contributed by atoms with Crippen molar-refractivity contribution in [2.75, 3.05) is 13.6 Å². The molecule has 0 aliphatic carbocycles. The van der Waals surface area contributed by atoms with Gasteiger partial charge in [-0.15, -0.1) is 0 Å². The van der Waals surface area contributed by atoms with E-state index in [1.807, 2.05) is 0 Å².